The molecule has 0 aliphatic carbocycles. The van der Waals surface area contributed by atoms with Gasteiger partial charge in [-0.05, 0) is 6.92 Å². The highest BCUT2D eigenvalue weighted by Crippen LogP contribution is 2.19. The fraction of sp³-hybridized carbons (Fsp3) is 0.833. The third-order valence-corrected chi connectivity index (χ3v) is 2.95. The molecule has 1 aromatic heterocycles. The third-order valence-electron chi connectivity index (χ3n) is 2.95. The summed E-state index contributed by atoms with van der Waals surface area (Å²) >= 11 is 0. The van der Waals surface area contributed by atoms with Crippen molar-refractivity contribution in [3.63, 3.8) is 0 Å². The molecule has 1 aliphatic rings. The van der Waals surface area contributed by atoms with Gasteiger partial charge in [-0.1, -0.05) is 25.9 Å². The third kappa shape index (κ3) is 3.26. The van der Waals surface area contributed by atoms with Gasteiger partial charge in [0.25, 0.3) is 0 Å². The van der Waals surface area contributed by atoms with Crippen LogP contribution in [0.5, 0.6) is 0 Å². The lowest BCUT2D eigenvalue weighted by Gasteiger charge is -2.30. The highest BCUT2D eigenvalue weighted by atomic mass is 16.5. The molecule has 1 fully saturated rings. The Hall–Kier alpha value is -0.940. The predicted molar refractivity (Wildman–Crippen MR) is 65.7 cm³/mol. The molecule has 0 bridgehead atoms. The van der Waals surface area contributed by atoms with Gasteiger partial charge in [0.05, 0.1) is 6.54 Å². The van der Waals surface area contributed by atoms with Crippen molar-refractivity contribution in [3.05, 3.63) is 11.7 Å². The number of piperazine rings is 1. The fourth-order valence-corrected chi connectivity index (χ4v) is 1.97. The Bertz CT molecular complexity index is 369. The molecular formula is C12H22N4O. The van der Waals surface area contributed by atoms with E-state index in [-0.39, 0.29) is 5.41 Å². The molecule has 1 saturated heterocycles. The summed E-state index contributed by atoms with van der Waals surface area (Å²) < 4.78 is 5.31. The normalized spacial score (nSPS) is 22.9. The van der Waals surface area contributed by atoms with E-state index in [4.69, 9.17) is 4.52 Å². The summed E-state index contributed by atoms with van der Waals surface area (Å²) in [7, 11) is 0. The molecule has 1 atom stereocenters. The van der Waals surface area contributed by atoms with Crippen molar-refractivity contribution in [2.45, 2.75) is 45.7 Å². The van der Waals surface area contributed by atoms with Crippen LogP contribution in [-0.2, 0) is 12.0 Å². The minimum atomic E-state index is -0.0432. The van der Waals surface area contributed by atoms with Crippen molar-refractivity contribution in [1.29, 1.82) is 0 Å². The minimum absolute atomic E-state index is 0.0432. The van der Waals surface area contributed by atoms with Crippen molar-refractivity contribution in [2.24, 2.45) is 0 Å². The van der Waals surface area contributed by atoms with E-state index in [0.29, 0.717) is 6.04 Å². The van der Waals surface area contributed by atoms with Gasteiger partial charge in [0.1, 0.15) is 0 Å². The molecule has 0 aromatic carbocycles. The summed E-state index contributed by atoms with van der Waals surface area (Å²) in [6.07, 6.45) is 0. The first kappa shape index (κ1) is 12.5. The van der Waals surface area contributed by atoms with Crippen LogP contribution in [0.1, 0.15) is 39.4 Å². The van der Waals surface area contributed by atoms with E-state index in [1.165, 1.54) is 0 Å². The largest absolute Gasteiger partial charge is 0.338 e. The van der Waals surface area contributed by atoms with E-state index in [0.717, 1.165) is 37.9 Å². The first-order valence-corrected chi connectivity index (χ1v) is 6.24. The van der Waals surface area contributed by atoms with Crippen LogP contribution in [0.25, 0.3) is 0 Å². The summed E-state index contributed by atoms with van der Waals surface area (Å²) in [5.74, 6) is 1.51. The average molecular weight is 238 g/mol. The van der Waals surface area contributed by atoms with Gasteiger partial charge in [-0.25, -0.2) is 0 Å². The van der Waals surface area contributed by atoms with Crippen LogP contribution >= 0.6 is 0 Å². The van der Waals surface area contributed by atoms with Crippen molar-refractivity contribution in [3.8, 4) is 0 Å². The summed E-state index contributed by atoms with van der Waals surface area (Å²) in [6, 6.07) is 0.536. The summed E-state index contributed by atoms with van der Waals surface area (Å²) in [5, 5.41) is 7.46. The number of aromatic nitrogens is 2. The Labute approximate surface area is 103 Å². The van der Waals surface area contributed by atoms with Crippen LogP contribution in [0.4, 0.5) is 0 Å². The van der Waals surface area contributed by atoms with Crippen molar-refractivity contribution in [2.75, 3.05) is 19.6 Å². The summed E-state index contributed by atoms with van der Waals surface area (Å²) in [6.45, 7) is 12.3. The molecule has 0 radical (unpaired) electrons. The van der Waals surface area contributed by atoms with Crippen molar-refractivity contribution in [1.82, 2.24) is 20.4 Å². The smallest absolute Gasteiger partial charge is 0.240 e. The van der Waals surface area contributed by atoms with Gasteiger partial charge in [0, 0.05) is 31.1 Å². The molecule has 0 amide bonds. The van der Waals surface area contributed by atoms with Crippen LogP contribution < -0.4 is 5.32 Å². The first-order chi connectivity index (χ1) is 7.95. The van der Waals surface area contributed by atoms with Gasteiger partial charge in [0.2, 0.25) is 5.89 Å². The minimum Gasteiger partial charge on any atom is -0.338 e. The fourth-order valence-electron chi connectivity index (χ4n) is 1.97. The molecule has 0 saturated carbocycles. The van der Waals surface area contributed by atoms with Crippen LogP contribution in [0, 0.1) is 0 Å². The van der Waals surface area contributed by atoms with Gasteiger partial charge < -0.3 is 9.84 Å². The van der Waals surface area contributed by atoms with Crippen LogP contribution in [0.3, 0.4) is 0 Å². The van der Waals surface area contributed by atoms with Gasteiger partial charge in [-0.2, -0.15) is 4.98 Å². The van der Waals surface area contributed by atoms with Crippen LogP contribution in [0.2, 0.25) is 0 Å². The Morgan fingerprint density at radius 3 is 2.82 bits per heavy atom. The van der Waals surface area contributed by atoms with Crippen LogP contribution in [0.15, 0.2) is 4.52 Å². The maximum Gasteiger partial charge on any atom is 0.240 e. The summed E-state index contributed by atoms with van der Waals surface area (Å²) in [4.78, 5) is 6.81. The molecule has 2 rings (SSSR count). The van der Waals surface area contributed by atoms with Crippen LogP contribution in [-0.4, -0.2) is 40.7 Å². The SMILES string of the molecule is C[C@H]1CN(Cc2nc(C(C)(C)C)no2)CCN1. The molecule has 1 N–H and O–H groups in total. The Kier molecular flexibility index (Phi) is 3.49. The van der Waals surface area contributed by atoms with Gasteiger partial charge in [0.15, 0.2) is 5.82 Å². The van der Waals surface area contributed by atoms with E-state index in [1.54, 1.807) is 0 Å². The Morgan fingerprint density at radius 2 is 2.24 bits per heavy atom. The number of hydrogen-bond donors (Lipinski definition) is 1. The van der Waals surface area contributed by atoms with Crippen molar-refractivity contribution >= 4 is 0 Å². The molecule has 17 heavy (non-hydrogen) atoms. The lowest BCUT2D eigenvalue weighted by molar-refractivity contribution is 0.177. The zero-order valence-electron chi connectivity index (χ0n) is 11.2. The van der Waals surface area contributed by atoms with E-state index in [9.17, 15) is 0 Å². The highest BCUT2D eigenvalue weighted by Gasteiger charge is 2.23. The molecule has 1 aromatic rings. The van der Waals surface area contributed by atoms with E-state index in [1.807, 2.05) is 0 Å². The standard InChI is InChI=1S/C12H22N4O/c1-9-7-16(6-5-13-9)8-10-14-11(15-17-10)12(2,3)4/h9,13H,5-8H2,1-4H3/t9-/m0/s1. The molecule has 5 nitrogen and oxygen atoms in total. The second-order valence-corrected chi connectivity index (χ2v) is 5.85. The summed E-state index contributed by atoms with van der Waals surface area (Å²) in [5.41, 5.74) is -0.0432. The number of nitrogens with zero attached hydrogens (tertiary/aromatic N) is 3. The second-order valence-electron chi connectivity index (χ2n) is 5.85. The highest BCUT2D eigenvalue weighted by molar-refractivity contribution is 5.00. The van der Waals surface area contributed by atoms with E-state index in [2.05, 4.69) is 48.1 Å². The average Bonchev–Trinajstić information content (AvgIpc) is 2.65. The quantitative estimate of drug-likeness (QED) is 0.838. The lowest BCUT2D eigenvalue weighted by atomic mass is 9.96. The molecule has 5 heteroatoms. The zero-order chi connectivity index (χ0) is 12.5. The second kappa shape index (κ2) is 4.74. The lowest BCUT2D eigenvalue weighted by Crippen LogP contribution is -2.48. The Morgan fingerprint density at radius 1 is 1.47 bits per heavy atom. The maximum atomic E-state index is 5.31. The number of nitrogens with one attached hydrogen (secondary N) is 1. The first-order valence-electron chi connectivity index (χ1n) is 6.24. The molecule has 1 aliphatic heterocycles. The topological polar surface area (TPSA) is 54.2 Å². The molecule has 0 spiro atoms. The van der Waals surface area contributed by atoms with Crippen molar-refractivity contribution < 1.29 is 4.52 Å². The van der Waals surface area contributed by atoms with Gasteiger partial charge >= 0.3 is 0 Å². The van der Waals surface area contributed by atoms with Gasteiger partial charge in [-0.3, -0.25) is 4.90 Å². The predicted octanol–water partition coefficient (Wildman–Crippen LogP) is 1.16. The number of hydrogen-bond acceptors (Lipinski definition) is 5. The molecule has 96 valence electrons. The van der Waals surface area contributed by atoms with E-state index < -0.39 is 0 Å². The number of rotatable bonds is 2. The molecule has 2 heterocycles. The molecular weight excluding hydrogens is 216 g/mol. The maximum absolute atomic E-state index is 5.31. The zero-order valence-corrected chi connectivity index (χ0v) is 11.2. The monoisotopic (exact) mass is 238 g/mol. The van der Waals surface area contributed by atoms with E-state index >= 15 is 0 Å². The Balaban J connectivity index is 1.97. The molecule has 0 unspecified atom stereocenters. The van der Waals surface area contributed by atoms with Gasteiger partial charge in [-0.15, -0.1) is 0 Å².